The monoisotopic (exact) mass is 420 g/mol. The highest BCUT2D eigenvalue weighted by molar-refractivity contribution is 8.02. The van der Waals surface area contributed by atoms with Gasteiger partial charge in [0.1, 0.15) is 5.75 Å². The molecule has 1 heterocycles. The van der Waals surface area contributed by atoms with Gasteiger partial charge in [0.2, 0.25) is 11.0 Å². The standard InChI is InChI=1S/C18H17ClN4O2S2/c1-11(16(24)20-13-8-6-12(19)7-9-13)26-18-23-22-17(27-18)21-14-4-3-5-15(10-14)25-2/h3-11H,1-2H3,(H,20,24)(H,21,22). The Morgan fingerprint density at radius 2 is 1.96 bits per heavy atom. The van der Waals surface area contributed by atoms with Crippen molar-refractivity contribution in [3.05, 3.63) is 53.6 Å². The van der Waals surface area contributed by atoms with Gasteiger partial charge in [0.15, 0.2) is 4.34 Å². The number of aromatic nitrogens is 2. The summed E-state index contributed by atoms with van der Waals surface area (Å²) in [6.45, 7) is 1.83. The molecule has 0 saturated carbocycles. The fraction of sp³-hybridized carbons (Fsp3) is 0.167. The Morgan fingerprint density at radius 1 is 1.19 bits per heavy atom. The van der Waals surface area contributed by atoms with E-state index < -0.39 is 0 Å². The van der Waals surface area contributed by atoms with Crippen LogP contribution in [0.1, 0.15) is 6.92 Å². The third-order valence-corrected chi connectivity index (χ3v) is 5.76. The van der Waals surface area contributed by atoms with Gasteiger partial charge in [0.25, 0.3) is 0 Å². The van der Waals surface area contributed by atoms with E-state index in [0.717, 1.165) is 11.4 Å². The Bertz CT molecular complexity index is 918. The fourth-order valence-electron chi connectivity index (χ4n) is 2.11. The van der Waals surface area contributed by atoms with Crippen LogP contribution in [0.25, 0.3) is 0 Å². The van der Waals surface area contributed by atoms with E-state index in [2.05, 4.69) is 20.8 Å². The number of ether oxygens (including phenoxy) is 1. The normalized spacial score (nSPS) is 11.7. The fourth-order valence-corrected chi connectivity index (χ4v) is 4.16. The molecule has 3 rings (SSSR count). The number of hydrogen-bond donors (Lipinski definition) is 2. The van der Waals surface area contributed by atoms with E-state index in [1.54, 1.807) is 31.4 Å². The van der Waals surface area contributed by atoms with Crippen molar-refractivity contribution in [2.75, 3.05) is 17.7 Å². The minimum absolute atomic E-state index is 0.111. The molecular formula is C18H17ClN4O2S2. The maximum atomic E-state index is 12.3. The molecule has 0 radical (unpaired) electrons. The van der Waals surface area contributed by atoms with Crippen LogP contribution >= 0.6 is 34.7 Å². The van der Waals surface area contributed by atoms with Crippen LogP contribution in [0.2, 0.25) is 5.02 Å². The lowest BCUT2D eigenvalue weighted by molar-refractivity contribution is -0.115. The second-order valence-electron chi connectivity index (χ2n) is 5.49. The third kappa shape index (κ3) is 5.59. The predicted molar refractivity (Wildman–Crippen MR) is 112 cm³/mol. The van der Waals surface area contributed by atoms with E-state index in [0.29, 0.717) is 20.2 Å². The summed E-state index contributed by atoms with van der Waals surface area (Å²) in [5.74, 6) is 0.645. The molecule has 0 bridgehead atoms. The van der Waals surface area contributed by atoms with E-state index in [1.807, 2.05) is 31.2 Å². The van der Waals surface area contributed by atoms with Crippen molar-refractivity contribution in [3.8, 4) is 5.75 Å². The van der Waals surface area contributed by atoms with Crippen LogP contribution in [0.3, 0.4) is 0 Å². The summed E-state index contributed by atoms with van der Waals surface area (Å²) in [6, 6.07) is 14.5. The first-order valence-corrected chi connectivity index (χ1v) is 10.1. The summed E-state index contributed by atoms with van der Waals surface area (Å²) in [6.07, 6.45) is 0. The van der Waals surface area contributed by atoms with Crippen LogP contribution in [0, 0.1) is 0 Å². The van der Waals surface area contributed by atoms with Gasteiger partial charge < -0.3 is 15.4 Å². The predicted octanol–water partition coefficient (Wildman–Crippen LogP) is 5.06. The van der Waals surface area contributed by atoms with Crippen molar-refractivity contribution in [2.24, 2.45) is 0 Å². The summed E-state index contributed by atoms with van der Waals surface area (Å²) >= 11 is 8.59. The molecule has 0 aliphatic rings. The molecule has 1 amide bonds. The molecule has 0 fully saturated rings. The van der Waals surface area contributed by atoms with Crippen LogP contribution < -0.4 is 15.4 Å². The topological polar surface area (TPSA) is 76.1 Å². The lowest BCUT2D eigenvalue weighted by Crippen LogP contribution is -2.22. The molecule has 9 heteroatoms. The molecule has 2 aromatic carbocycles. The van der Waals surface area contributed by atoms with Gasteiger partial charge in [0.05, 0.1) is 12.4 Å². The van der Waals surface area contributed by atoms with Gasteiger partial charge in [-0.05, 0) is 43.3 Å². The number of amides is 1. The van der Waals surface area contributed by atoms with Crippen molar-refractivity contribution < 1.29 is 9.53 Å². The van der Waals surface area contributed by atoms with Gasteiger partial charge in [-0.3, -0.25) is 4.79 Å². The molecule has 0 aliphatic heterocycles. The first-order chi connectivity index (χ1) is 13.0. The smallest absolute Gasteiger partial charge is 0.237 e. The number of carbonyl (C=O) groups is 1. The molecule has 0 spiro atoms. The van der Waals surface area contributed by atoms with E-state index in [4.69, 9.17) is 16.3 Å². The zero-order chi connectivity index (χ0) is 19.2. The Balaban J connectivity index is 1.57. The molecule has 0 saturated heterocycles. The summed E-state index contributed by atoms with van der Waals surface area (Å²) in [4.78, 5) is 12.3. The zero-order valence-electron chi connectivity index (χ0n) is 14.6. The average Bonchev–Trinajstić information content (AvgIpc) is 3.10. The molecule has 6 nitrogen and oxygen atoms in total. The minimum Gasteiger partial charge on any atom is -0.497 e. The Morgan fingerprint density at radius 3 is 2.70 bits per heavy atom. The van der Waals surface area contributed by atoms with Crippen LogP contribution in [0.15, 0.2) is 52.9 Å². The van der Waals surface area contributed by atoms with E-state index >= 15 is 0 Å². The second kappa shape index (κ2) is 9.07. The van der Waals surface area contributed by atoms with E-state index in [-0.39, 0.29) is 11.2 Å². The van der Waals surface area contributed by atoms with Crippen LogP contribution in [0.4, 0.5) is 16.5 Å². The molecule has 27 heavy (non-hydrogen) atoms. The van der Waals surface area contributed by atoms with Gasteiger partial charge >= 0.3 is 0 Å². The van der Waals surface area contributed by atoms with Gasteiger partial charge in [-0.2, -0.15) is 0 Å². The quantitative estimate of drug-likeness (QED) is 0.520. The summed E-state index contributed by atoms with van der Waals surface area (Å²) in [7, 11) is 1.62. The average molecular weight is 421 g/mol. The molecule has 2 N–H and O–H groups in total. The number of methoxy groups -OCH3 is 1. The first-order valence-electron chi connectivity index (χ1n) is 8.01. The summed E-state index contributed by atoms with van der Waals surface area (Å²) < 4.78 is 5.91. The van der Waals surface area contributed by atoms with E-state index in [1.165, 1.54) is 23.1 Å². The number of anilines is 3. The number of rotatable bonds is 7. The molecule has 1 atom stereocenters. The van der Waals surface area contributed by atoms with Crippen molar-refractivity contribution >= 4 is 57.1 Å². The molecule has 3 aromatic rings. The molecule has 1 aromatic heterocycles. The zero-order valence-corrected chi connectivity index (χ0v) is 17.0. The summed E-state index contributed by atoms with van der Waals surface area (Å²) in [5.41, 5.74) is 1.56. The number of benzene rings is 2. The van der Waals surface area contributed by atoms with Gasteiger partial charge in [0, 0.05) is 22.5 Å². The van der Waals surface area contributed by atoms with E-state index in [9.17, 15) is 4.79 Å². The van der Waals surface area contributed by atoms with Crippen molar-refractivity contribution in [1.29, 1.82) is 0 Å². The Labute approximate surface area is 170 Å². The lowest BCUT2D eigenvalue weighted by Gasteiger charge is -2.10. The third-order valence-electron chi connectivity index (χ3n) is 3.49. The Hall–Kier alpha value is -2.29. The summed E-state index contributed by atoms with van der Waals surface area (Å²) in [5, 5.41) is 15.3. The number of halogens is 1. The lowest BCUT2D eigenvalue weighted by atomic mass is 10.3. The van der Waals surface area contributed by atoms with Gasteiger partial charge in [-0.25, -0.2) is 0 Å². The van der Waals surface area contributed by atoms with Crippen molar-refractivity contribution in [1.82, 2.24) is 10.2 Å². The number of carbonyl (C=O) groups excluding carboxylic acids is 1. The Kier molecular flexibility index (Phi) is 6.54. The van der Waals surface area contributed by atoms with Crippen LogP contribution in [-0.2, 0) is 4.79 Å². The molecule has 0 aliphatic carbocycles. The number of nitrogens with one attached hydrogen (secondary N) is 2. The van der Waals surface area contributed by atoms with Crippen LogP contribution in [-0.4, -0.2) is 28.5 Å². The SMILES string of the molecule is COc1cccc(Nc2nnc(SC(C)C(=O)Nc3ccc(Cl)cc3)s2)c1. The maximum absolute atomic E-state index is 12.3. The molecule has 140 valence electrons. The van der Waals surface area contributed by atoms with Gasteiger partial charge in [-0.1, -0.05) is 40.8 Å². The molecular weight excluding hydrogens is 404 g/mol. The number of hydrogen-bond acceptors (Lipinski definition) is 7. The highest BCUT2D eigenvalue weighted by Crippen LogP contribution is 2.31. The number of nitrogens with zero attached hydrogens (tertiary/aromatic N) is 2. The number of thioether (sulfide) groups is 1. The maximum Gasteiger partial charge on any atom is 0.237 e. The van der Waals surface area contributed by atoms with Crippen molar-refractivity contribution in [3.63, 3.8) is 0 Å². The molecule has 1 unspecified atom stereocenters. The highest BCUT2D eigenvalue weighted by atomic mass is 35.5. The first kappa shape index (κ1) is 19.5. The minimum atomic E-state index is -0.321. The van der Waals surface area contributed by atoms with Crippen LogP contribution in [0.5, 0.6) is 5.75 Å². The van der Waals surface area contributed by atoms with Crippen molar-refractivity contribution in [2.45, 2.75) is 16.5 Å². The second-order valence-corrected chi connectivity index (χ2v) is 8.49. The largest absolute Gasteiger partial charge is 0.497 e. The van der Waals surface area contributed by atoms with Gasteiger partial charge in [-0.15, -0.1) is 10.2 Å². The highest BCUT2D eigenvalue weighted by Gasteiger charge is 2.17.